The van der Waals surface area contributed by atoms with E-state index in [4.69, 9.17) is 0 Å². The lowest BCUT2D eigenvalue weighted by Gasteiger charge is -2.09. The molecule has 3 heterocycles. The molecule has 1 amide bonds. The molecule has 10 heteroatoms. The highest BCUT2D eigenvalue weighted by Crippen LogP contribution is 2.25. The molecular weight excluding hydrogens is 440 g/mol. The van der Waals surface area contributed by atoms with Gasteiger partial charge in [-0.05, 0) is 37.1 Å². The molecule has 0 spiro atoms. The number of benzene rings is 2. The Hall–Kier alpha value is -3.53. The van der Waals surface area contributed by atoms with Gasteiger partial charge >= 0.3 is 0 Å². The Balaban J connectivity index is 1.25. The minimum atomic E-state index is -3.58. The van der Waals surface area contributed by atoms with E-state index in [2.05, 4.69) is 29.8 Å². The molecule has 33 heavy (non-hydrogen) atoms. The third-order valence-corrected chi connectivity index (χ3v) is 7.18. The zero-order valence-corrected chi connectivity index (χ0v) is 18.8. The minimum Gasteiger partial charge on any atom is -0.326 e. The molecule has 170 valence electrons. The smallest absolute Gasteiger partial charge is 0.263 e. The molecule has 2 N–H and O–H groups in total. The molecule has 0 saturated carbocycles. The first-order chi connectivity index (χ1) is 16.0. The summed E-state index contributed by atoms with van der Waals surface area (Å²) in [5.74, 6) is 1.90. The highest BCUT2D eigenvalue weighted by Gasteiger charge is 2.30. The van der Waals surface area contributed by atoms with Gasteiger partial charge in [0.05, 0.1) is 11.4 Å². The molecule has 0 radical (unpaired) electrons. The number of fused-ring (bicyclic) bond motifs is 2. The number of carbonyl (C=O) groups is 1. The van der Waals surface area contributed by atoms with Gasteiger partial charge in [0, 0.05) is 36.2 Å². The fraction of sp³-hybridized carbons (Fsp3) is 0.304. The van der Waals surface area contributed by atoms with Gasteiger partial charge in [-0.15, -0.1) is 10.2 Å². The van der Waals surface area contributed by atoms with E-state index in [0.29, 0.717) is 11.3 Å². The Labute approximate surface area is 192 Å². The molecule has 2 aromatic carbocycles. The summed E-state index contributed by atoms with van der Waals surface area (Å²) in [5, 5.41) is 11.6. The average molecular weight is 465 g/mol. The minimum absolute atomic E-state index is 0.123. The average Bonchev–Trinajstić information content (AvgIpc) is 3.22. The van der Waals surface area contributed by atoms with Crippen LogP contribution in [0, 0.1) is 0 Å². The molecule has 2 aliphatic rings. The summed E-state index contributed by atoms with van der Waals surface area (Å²) in [7, 11) is -3.58. The molecule has 2 aliphatic heterocycles. The summed E-state index contributed by atoms with van der Waals surface area (Å²) in [4.78, 5) is 17.0. The van der Waals surface area contributed by atoms with Crippen molar-refractivity contribution in [1.29, 1.82) is 0 Å². The zero-order chi connectivity index (χ0) is 22.8. The summed E-state index contributed by atoms with van der Waals surface area (Å²) >= 11 is 0. The predicted octanol–water partition coefficient (Wildman–Crippen LogP) is 2.74. The Morgan fingerprint density at radius 3 is 2.88 bits per heavy atom. The molecule has 0 bridgehead atoms. The van der Waals surface area contributed by atoms with Gasteiger partial charge in [0.25, 0.3) is 10.0 Å². The summed E-state index contributed by atoms with van der Waals surface area (Å²) in [6.45, 7) is 1.07. The first-order valence-electron chi connectivity index (χ1n) is 11.0. The number of aryl methyl sites for hydroxylation is 1. The van der Waals surface area contributed by atoms with Gasteiger partial charge in [-0.3, -0.25) is 14.5 Å². The fourth-order valence-corrected chi connectivity index (χ4v) is 5.43. The highest BCUT2D eigenvalue weighted by molar-refractivity contribution is 7.90. The van der Waals surface area contributed by atoms with Crippen LogP contribution in [-0.2, 0) is 27.8 Å². The van der Waals surface area contributed by atoms with Gasteiger partial charge in [0.2, 0.25) is 5.91 Å². The van der Waals surface area contributed by atoms with E-state index in [0.717, 1.165) is 43.0 Å². The molecule has 0 aliphatic carbocycles. The quantitative estimate of drug-likeness (QED) is 0.602. The number of aromatic nitrogens is 3. The number of sulfonamides is 1. The summed E-state index contributed by atoms with van der Waals surface area (Å²) < 4.78 is 28.9. The van der Waals surface area contributed by atoms with Crippen molar-refractivity contribution in [2.45, 2.75) is 43.5 Å². The van der Waals surface area contributed by atoms with Crippen LogP contribution in [0.25, 0.3) is 11.4 Å². The van der Waals surface area contributed by atoms with E-state index in [1.54, 1.807) is 18.2 Å². The maximum absolute atomic E-state index is 12.5. The van der Waals surface area contributed by atoms with Gasteiger partial charge in [-0.2, -0.15) is 0 Å². The SMILES string of the molecule is O=C(CCN=C1NS(=O)(=O)c2ccccc21)Nc1cccc(-c2nnc3n2CCCCC3)c1. The van der Waals surface area contributed by atoms with Crippen molar-refractivity contribution in [1.82, 2.24) is 19.5 Å². The van der Waals surface area contributed by atoms with Crippen molar-refractivity contribution in [3.63, 3.8) is 0 Å². The van der Waals surface area contributed by atoms with Crippen LogP contribution in [-0.4, -0.2) is 41.5 Å². The number of carbonyl (C=O) groups excluding carboxylic acids is 1. The second-order valence-corrected chi connectivity index (χ2v) is 9.76. The first-order valence-corrected chi connectivity index (χ1v) is 12.5. The summed E-state index contributed by atoms with van der Waals surface area (Å²) in [5.41, 5.74) is 2.10. The van der Waals surface area contributed by atoms with E-state index >= 15 is 0 Å². The van der Waals surface area contributed by atoms with Gasteiger partial charge in [-0.1, -0.05) is 30.7 Å². The highest BCUT2D eigenvalue weighted by atomic mass is 32.2. The number of hydrogen-bond donors (Lipinski definition) is 2. The Bertz CT molecular complexity index is 1350. The third-order valence-electron chi connectivity index (χ3n) is 5.79. The Morgan fingerprint density at radius 1 is 1.09 bits per heavy atom. The Kier molecular flexibility index (Phi) is 5.67. The van der Waals surface area contributed by atoms with Crippen molar-refractivity contribution >= 4 is 27.5 Å². The van der Waals surface area contributed by atoms with Crippen molar-refractivity contribution < 1.29 is 13.2 Å². The van der Waals surface area contributed by atoms with E-state index in [-0.39, 0.29) is 29.6 Å². The lowest BCUT2D eigenvalue weighted by atomic mass is 10.2. The monoisotopic (exact) mass is 464 g/mol. The van der Waals surface area contributed by atoms with Crippen molar-refractivity contribution in [3.8, 4) is 11.4 Å². The van der Waals surface area contributed by atoms with Crippen LogP contribution in [0.3, 0.4) is 0 Å². The maximum atomic E-state index is 12.5. The first kappa shape index (κ1) is 21.3. The van der Waals surface area contributed by atoms with E-state index in [1.807, 2.05) is 24.3 Å². The van der Waals surface area contributed by atoms with Crippen LogP contribution in [0.15, 0.2) is 58.4 Å². The van der Waals surface area contributed by atoms with Crippen LogP contribution < -0.4 is 10.0 Å². The third kappa shape index (κ3) is 4.38. The van der Waals surface area contributed by atoms with Gasteiger partial charge < -0.3 is 9.88 Å². The number of aliphatic imine (C=N–C) groups is 1. The summed E-state index contributed by atoms with van der Waals surface area (Å²) in [6.07, 6.45) is 4.49. The fourth-order valence-electron chi connectivity index (χ4n) is 4.18. The van der Waals surface area contributed by atoms with Crippen LogP contribution in [0.5, 0.6) is 0 Å². The number of rotatable bonds is 5. The van der Waals surface area contributed by atoms with Crippen molar-refractivity contribution in [2.24, 2.45) is 4.99 Å². The molecule has 9 nitrogen and oxygen atoms in total. The van der Waals surface area contributed by atoms with Crippen LogP contribution in [0.1, 0.15) is 37.1 Å². The van der Waals surface area contributed by atoms with Crippen molar-refractivity contribution in [2.75, 3.05) is 11.9 Å². The van der Waals surface area contributed by atoms with Gasteiger partial charge in [-0.25, -0.2) is 8.42 Å². The molecule has 0 atom stereocenters. The largest absolute Gasteiger partial charge is 0.326 e. The van der Waals surface area contributed by atoms with Crippen LogP contribution in [0.2, 0.25) is 0 Å². The molecule has 0 saturated heterocycles. The van der Waals surface area contributed by atoms with Gasteiger partial charge in [0.15, 0.2) is 5.82 Å². The number of nitrogens with one attached hydrogen (secondary N) is 2. The normalized spacial score (nSPS) is 17.6. The number of amidine groups is 1. The van der Waals surface area contributed by atoms with Crippen LogP contribution >= 0.6 is 0 Å². The maximum Gasteiger partial charge on any atom is 0.263 e. The van der Waals surface area contributed by atoms with E-state index < -0.39 is 10.0 Å². The number of nitrogens with zero attached hydrogens (tertiary/aromatic N) is 4. The van der Waals surface area contributed by atoms with E-state index in [1.165, 1.54) is 12.5 Å². The topological polar surface area (TPSA) is 118 Å². The molecule has 1 aromatic heterocycles. The summed E-state index contributed by atoms with van der Waals surface area (Å²) in [6, 6.07) is 14.2. The van der Waals surface area contributed by atoms with Crippen LogP contribution in [0.4, 0.5) is 5.69 Å². The number of hydrogen-bond acceptors (Lipinski definition) is 6. The lowest BCUT2D eigenvalue weighted by Crippen LogP contribution is -2.23. The number of anilines is 1. The Morgan fingerprint density at radius 2 is 1.97 bits per heavy atom. The predicted molar refractivity (Wildman–Crippen MR) is 124 cm³/mol. The standard InChI is InChI=1S/C23H24N6O3S/c30-21(12-13-24-22-18-9-3-4-10-19(18)33(31,32)28-22)25-17-8-6-7-16(15-17)23-27-26-20-11-2-1-5-14-29(20)23/h3-4,6-10,15H,1-2,5,11-14H2,(H,24,28)(H,25,30). The molecular formula is C23H24N6O3S. The second-order valence-electron chi connectivity index (χ2n) is 8.11. The second kappa shape index (κ2) is 8.78. The van der Waals surface area contributed by atoms with E-state index in [9.17, 15) is 13.2 Å². The molecule has 0 unspecified atom stereocenters. The van der Waals surface area contributed by atoms with Crippen molar-refractivity contribution in [3.05, 3.63) is 59.9 Å². The number of amides is 1. The molecule has 0 fully saturated rings. The molecule has 3 aromatic rings. The van der Waals surface area contributed by atoms with Gasteiger partial charge in [0.1, 0.15) is 11.7 Å². The lowest BCUT2D eigenvalue weighted by molar-refractivity contribution is -0.116. The molecule has 5 rings (SSSR count). The zero-order valence-electron chi connectivity index (χ0n) is 18.0.